The summed E-state index contributed by atoms with van der Waals surface area (Å²) in [5.41, 5.74) is -0.490. The molecule has 3 unspecified atom stereocenters. The zero-order valence-electron chi connectivity index (χ0n) is 5.42. The lowest BCUT2D eigenvalue weighted by Crippen LogP contribution is -2.06. The SMILES string of the molecule is CC1C(F)(Cl)C1(C)CCl. The van der Waals surface area contributed by atoms with E-state index < -0.39 is 10.5 Å². The molecule has 0 aromatic carbocycles. The van der Waals surface area contributed by atoms with Crippen LogP contribution in [0.3, 0.4) is 0 Å². The molecular weight excluding hydrogens is 162 g/mol. The van der Waals surface area contributed by atoms with Gasteiger partial charge in [-0.15, -0.1) is 11.6 Å². The molecule has 0 saturated heterocycles. The highest BCUT2D eigenvalue weighted by atomic mass is 35.5. The monoisotopic (exact) mass is 170 g/mol. The Labute approximate surface area is 64.3 Å². The Morgan fingerprint density at radius 2 is 2.00 bits per heavy atom. The molecule has 1 saturated carbocycles. The summed E-state index contributed by atoms with van der Waals surface area (Å²) in [7, 11) is 0. The summed E-state index contributed by atoms with van der Waals surface area (Å²) in [6.45, 7) is 3.53. The van der Waals surface area contributed by atoms with Crippen LogP contribution in [-0.4, -0.2) is 11.0 Å². The lowest BCUT2D eigenvalue weighted by Gasteiger charge is -2.02. The van der Waals surface area contributed by atoms with Crippen LogP contribution < -0.4 is 0 Å². The Morgan fingerprint density at radius 3 is 2.00 bits per heavy atom. The van der Waals surface area contributed by atoms with Crippen LogP contribution in [0.25, 0.3) is 0 Å². The van der Waals surface area contributed by atoms with Gasteiger partial charge in [-0.25, -0.2) is 4.39 Å². The van der Waals surface area contributed by atoms with Crippen molar-refractivity contribution in [1.29, 1.82) is 0 Å². The second-order valence-corrected chi connectivity index (χ2v) is 3.71. The average Bonchev–Trinajstić information content (AvgIpc) is 2.16. The Hall–Kier alpha value is 0.510. The molecule has 3 atom stereocenters. The molecule has 1 aliphatic rings. The highest BCUT2D eigenvalue weighted by Crippen LogP contribution is 2.67. The molecule has 0 bridgehead atoms. The summed E-state index contributed by atoms with van der Waals surface area (Å²) in [4.78, 5) is 0. The molecule has 9 heavy (non-hydrogen) atoms. The molecule has 0 heterocycles. The summed E-state index contributed by atoms with van der Waals surface area (Å²) in [6.07, 6.45) is 0. The minimum absolute atomic E-state index is 0.107. The molecule has 0 amide bonds. The van der Waals surface area contributed by atoms with E-state index in [4.69, 9.17) is 23.2 Å². The third kappa shape index (κ3) is 0.712. The average molecular weight is 171 g/mol. The van der Waals surface area contributed by atoms with Gasteiger partial charge in [0.15, 0.2) is 5.13 Å². The Balaban J connectivity index is 2.70. The quantitative estimate of drug-likeness (QED) is 0.532. The Kier molecular flexibility index (Phi) is 1.49. The van der Waals surface area contributed by atoms with E-state index in [0.717, 1.165) is 0 Å². The minimum Gasteiger partial charge on any atom is -0.225 e. The van der Waals surface area contributed by atoms with Gasteiger partial charge in [-0.05, 0) is 0 Å². The van der Waals surface area contributed by atoms with Crippen molar-refractivity contribution in [3.63, 3.8) is 0 Å². The normalized spacial score (nSPS) is 57.7. The topological polar surface area (TPSA) is 0 Å². The minimum atomic E-state index is -1.55. The third-order valence-corrected chi connectivity index (χ3v) is 3.77. The van der Waals surface area contributed by atoms with Gasteiger partial charge < -0.3 is 0 Å². The fraction of sp³-hybridized carbons (Fsp3) is 1.00. The van der Waals surface area contributed by atoms with Gasteiger partial charge in [-0.1, -0.05) is 25.4 Å². The van der Waals surface area contributed by atoms with Gasteiger partial charge in [0, 0.05) is 17.2 Å². The molecule has 0 N–H and O–H groups in total. The summed E-state index contributed by atoms with van der Waals surface area (Å²) in [5.74, 6) is 0.193. The molecule has 0 nitrogen and oxygen atoms in total. The highest BCUT2D eigenvalue weighted by Gasteiger charge is 2.72. The predicted octanol–water partition coefficient (Wildman–Crippen LogP) is 2.79. The summed E-state index contributed by atoms with van der Waals surface area (Å²) in [6, 6.07) is 0. The molecule has 0 aliphatic heterocycles. The molecule has 1 fully saturated rings. The van der Waals surface area contributed by atoms with E-state index in [1.54, 1.807) is 13.8 Å². The first-order valence-corrected chi connectivity index (χ1v) is 3.82. The highest BCUT2D eigenvalue weighted by molar-refractivity contribution is 6.27. The first-order valence-electron chi connectivity index (χ1n) is 2.90. The lowest BCUT2D eigenvalue weighted by molar-refractivity contribution is 0.350. The fourth-order valence-corrected chi connectivity index (χ4v) is 1.92. The maximum Gasteiger partial charge on any atom is 0.193 e. The van der Waals surface area contributed by atoms with Crippen LogP contribution in [-0.2, 0) is 0 Å². The summed E-state index contributed by atoms with van der Waals surface area (Å²) < 4.78 is 12.9. The van der Waals surface area contributed by atoms with E-state index in [9.17, 15) is 4.39 Å². The van der Waals surface area contributed by atoms with Crippen LogP contribution in [0.15, 0.2) is 0 Å². The molecule has 0 radical (unpaired) electrons. The number of halogens is 3. The summed E-state index contributed by atoms with van der Waals surface area (Å²) >= 11 is 10.9. The number of rotatable bonds is 1. The van der Waals surface area contributed by atoms with Crippen molar-refractivity contribution in [3.05, 3.63) is 0 Å². The second kappa shape index (κ2) is 1.76. The largest absolute Gasteiger partial charge is 0.225 e. The molecule has 3 heteroatoms. The molecular formula is C6H9Cl2F. The molecule has 54 valence electrons. The van der Waals surface area contributed by atoms with Gasteiger partial charge in [-0.3, -0.25) is 0 Å². The lowest BCUT2D eigenvalue weighted by atomic mass is 10.1. The van der Waals surface area contributed by atoms with Crippen LogP contribution in [0, 0.1) is 11.3 Å². The van der Waals surface area contributed by atoms with Crippen LogP contribution in [0.5, 0.6) is 0 Å². The maximum absolute atomic E-state index is 12.9. The van der Waals surface area contributed by atoms with Crippen LogP contribution >= 0.6 is 23.2 Å². The van der Waals surface area contributed by atoms with E-state index in [2.05, 4.69) is 0 Å². The van der Waals surface area contributed by atoms with Gasteiger partial charge in [-0.2, -0.15) is 0 Å². The van der Waals surface area contributed by atoms with E-state index in [1.165, 1.54) is 0 Å². The van der Waals surface area contributed by atoms with Crippen molar-refractivity contribution in [2.45, 2.75) is 19.0 Å². The zero-order chi connectivity index (χ0) is 7.28. The molecule has 1 aliphatic carbocycles. The van der Waals surface area contributed by atoms with Crippen molar-refractivity contribution in [3.8, 4) is 0 Å². The first kappa shape index (κ1) is 7.62. The molecule has 0 aromatic heterocycles. The number of alkyl halides is 3. The van der Waals surface area contributed by atoms with Crippen molar-refractivity contribution >= 4 is 23.2 Å². The zero-order valence-corrected chi connectivity index (χ0v) is 6.93. The van der Waals surface area contributed by atoms with E-state index >= 15 is 0 Å². The van der Waals surface area contributed by atoms with Crippen molar-refractivity contribution in [2.24, 2.45) is 11.3 Å². The first-order chi connectivity index (χ1) is 3.97. The second-order valence-electron chi connectivity index (χ2n) is 2.90. The standard InChI is InChI=1S/C6H9Cl2F/c1-4-5(2,3-7)6(4,8)9/h4H,3H2,1-2H3. The van der Waals surface area contributed by atoms with Crippen molar-refractivity contribution < 1.29 is 4.39 Å². The van der Waals surface area contributed by atoms with Gasteiger partial charge in [0.1, 0.15) is 0 Å². The maximum atomic E-state index is 12.9. The number of hydrogen-bond acceptors (Lipinski definition) is 0. The molecule has 1 rings (SSSR count). The van der Waals surface area contributed by atoms with E-state index in [0.29, 0.717) is 5.88 Å². The van der Waals surface area contributed by atoms with Gasteiger partial charge in [0.25, 0.3) is 0 Å². The smallest absolute Gasteiger partial charge is 0.193 e. The number of hydrogen-bond donors (Lipinski definition) is 0. The van der Waals surface area contributed by atoms with Crippen molar-refractivity contribution in [2.75, 3.05) is 5.88 Å². The Bertz CT molecular complexity index is 135. The molecule has 0 spiro atoms. The van der Waals surface area contributed by atoms with Crippen molar-refractivity contribution in [1.82, 2.24) is 0 Å². The van der Waals surface area contributed by atoms with E-state index in [1.807, 2.05) is 0 Å². The fourth-order valence-electron chi connectivity index (χ4n) is 1.01. The van der Waals surface area contributed by atoms with Crippen LogP contribution in [0.2, 0.25) is 0 Å². The summed E-state index contributed by atoms with van der Waals surface area (Å²) in [5, 5.41) is -1.55. The van der Waals surface area contributed by atoms with Gasteiger partial charge >= 0.3 is 0 Å². The van der Waals surface area contributed by atoms with E-state index in [-0.39, 0.29) is 5.92 Å². The predicted molar refractivity (Wildman–Crippen MR) is 37.7 cm³/mol. The van der Waals surface area contributed by atoms with Crippen LogP contribution in [0.1, 0.15) is 13.8 Å². The van der Waals surface area contributed by atoms with Gasteiger partial charge in [0.05, 0.1) is 0 Å². The Morgan fingerprint density at radius 1 is 1.67 bits per heavy atom. The van der Waals surface area contributed by atoms with Crippen LogP contribution in [0.4, 0.5) is 4.39 Å². The third-order valence-electron chi connectivity index (χ3n) is 2.46. The molecule has 0 aromatic rings. The van der Waals surface area contributed by atoms with Gasteiger partial charge in [0.2, 0.25) is 0 Å².